The normalized spacial score (nSPS) is 11.1. The van der Waals surface area contributed by atoms with Gasteiger partial charge in [-0.1, -0.05) is 6.92 Å². The van der Waals surface area contributed by atoms with Crippen LogP contribution in [0.15, 0.2) is 12.1 Å². The molecule has 0 aliphatic rings. The molecule has 0 atom stereocenters. The fraction of sp³-hybridized carbons (Fsp3) is 0.467. The Morgan fingerprint density at radius 1 is 1.28 bits per heavy atom. The summed E-state index contributed by atoms with van der Waals surface area (Å²) in [4.78, 5) is 3.45. The molecule has 1 aromatic heterocycles. The van der Waals surface area contributed by atoms with E-state index in [2.05, 4.69) is 43.2 Å². The standard InChI is InChI=1S/C15H22N2O/c1-5-16-7-6-12-11(3)17-15-13(12)8-10(2)9-14(15)18-4/h8-9,16-17H,5-7H2,1-4H3. The fourth-order valence-electron chi connectivity index (χ4n) is 2.46. The predicted molar refractivity (Wildman–Crippen MR) is 76.6 cm³/mol. The monoisotopic (exact) mass is 246 g/mol. The number of aryl methyl sites for hydroxylation is 2. The Morgan fingerprint density at radius 2 is 2.06 bits per heavy atom. The molecule has 0 amide bonds. The highest BCUT2D eigenvalue weighted by atomic mass is 16.5. The van der Waals surface area contributed by atoms with E-state index < -0.39 is 0 Å². The quantitative estimate of drug-likeness (QED) is 0.796. The lowest BCUT2D eigenvalue weighted by atomic mass is 10.1. The Labute approximate surface area is 109 Å². The molecule has 2 rings (SSSR count). The zero-order valence-corrected chi connectivity index (χ0v) is 11.7. The molecule has 0 aliphatic heterocycles. The summed E-state index contributed by atoms with van der Waals surface area (Å²) >= 11 is 0. The maximum absolute atomic E-state index is 5.46. The van der Waals surface area contributed by atoms with Gasteiger partial charge in [-0.25, -0.2) is 0 Å². The van der Waals surface area contributed by atoms with Crippen LogP contribution < -0.4 is 10.1 Å². The number of likely N-dealkylation sites (N-methyl/N-ethyl adjacent to an activating group) is 1. The van der Waals surface area contributed by atoms with Crippen LogP contribution in [0.1, 0.15) is 23.7 Å². The number of aromatic nitrogens is 1. The van der Waals surface area contributed by atoms with Gasteiger partial charge in [0.15, 0.2) is 0 Å². The Bertz CT molecular complexity index is 543. The Morgan fingerprint density at radius 3 is 2.72 bits per heavy atom. The minimum Gasteiger partial charge on any atom is -0.495 e. The van der Waals surface area contributed by atoms with Crippen molar-refractivity contribution in [3.63, 3.8) is 0 Å². The number of rotatable bonds is 5. The topological polar surface area (TPSA) is 37.0 Å². The number of hydrogen-bond acceptors (Lipinski definition) is 2. The average molecular weight is 246 g/mol. The third-order valence-electron chi connectivity index (χ3n) is 3.36. The van der Waals surface area contributed by atoms with Gasteiger partial charge in [0.05, 0.1) is 12.6 Å². The zero-order valence-electron chi connectivity index (χ0n) is 11.7. The molecule has 1 aromatic carbocycles. The van der Waals surface area contributed by atoms with E-state index in [4.69, 9.17) is 4.74 Å². The molecule has 0 fully saturated rings. The van der Waals surface area contributed by atoms with E-state index in [1.165, 1.54) is 22.2 Å². The number of nitrogens with one attached hydrogen (secondary N) is 2. The minimum absolute atomic E-state index is 0.933. The highest BCUT2D eigenvalue weighted by molar-refractivity contribution is 5.90. The number of fused-ring (bicyclic) bond motifs is 1. The van der Waals surface area contributed by atoms with Crippen molar-refractivity contribution < 1.29 is 4.74 Å². The van der Waals surface area contributed by atoms with Gasteiger partial charge in [0, 0.05) is 11.1 Å². The fourth-order valence-corrected chi connectivity index (χ4v) is 2.46. The van der Waals surface area contributed by atoms with E-state index in [9.17, 15) is 0 Å². The van der Waals surface area contributed by atoms with Gasteiger partial charge in [0.25, 0.3) is 0 Å². The Kier molecular flexibility index (Phi) is 3.92. The maximum atomic E-state index is 5.46. The number of methoxy groups -OCH3 is 1. The summed E-state index contributed by atoms with van der Waals surface area (Å²) in [6.45, 7) is 8.41. The van der Waals surface area contributed by atoms with Crippen LogP contribution in [0.25, 0.3) is 10.9 Å². The number of ether oxygens (including phenoxy) is 1. The van der Waals surface area contributed by atoms with E-state index in [1.54, 1.807) is 7.11 Å². The SMILES string of the molecule is CCNCCc1c(C)[nH]c2c(OC)cc(C)cc12. The molecule has 0 aliphatic carbocycles. The Balaban J connectivity index is 2.46. The lowest BCUT2D eigenvalue weighted by Gasteiger charge is -2.05. The van der Waals surface area contributed by atoms with Gasteiger partial charge in [0.2, 0.25) is 0 Å². The van der Waals surface area contributed by atoms with Crippen molar-refractivity contribution in [1.82, 2.24) is 10.3 Å². The summed E-state index contributed by atoms with van der Waals surface area (Å²) in [6.07, 6.45) is 1.05. The van der Waals surface area contributed by atoms with Crippen LogP contribution in [0.3, 0.4) is 0 Å². The molecule has 0 saturated heterocycles. The first-order valence-corrected chi connectivity index (χ1v) is 6.53. The van der Waals surface area contributed by atoms with Gasteiger partial charge in [-0.2, -0.15) is 0 Å². The first-order valence-electron chi connectivity index (χ1n) is 6.53. The molecule has 3 heteroatoms. The van der Waals surface area contributed by atoms with E-state index in [0.717, 1.165) is 30.8 Å². The molecule has 0 saturated carbocycles. The van der Waals surface area contributed by atoms with Crippen molar-refractivity contribution in [3.8, 4) is 5.75 Å². The maximum Gasteiger partial charge on any atom is 0.143 e. The highest BCUT2D eigenvalue weighted by Gasteiger charge is 2.12. The van der Waals surface area contributed by atoms with Gasteiger partial charge in [-0.3, -0.25) is 0 Å². The van der Waals surface area contributed by atoms with Gasteiger partial charge >= 0.3 is 0 Å². The molecule has 0 spiro atoms. The smallest absolute Gasteiger partial charge is 0.143 e. The van der Waals surface area contributed by atoms with Crippen LogP contribution in [0.5, 0.6) is 5.75 Å². The number of benzene rings is 1. The van der Waals surface area contributed by atoms with Crippen LogP contribution in [0.4, 0.5) is 0 Å². The van der Waals surface area contributed by atoms with Crippen molar-refractivity contribution in [2.24, 2.45) is 0 Å². The lowest BCUT2D eigenvalue weighted by Crippen LogP contribution is -2.16. The van der Waals surface area contributed by atoms with Gasteiger partial charge in [-0.15, -0.1) is 0 Å². The van der Waals surface area contributed by atoms with Gasteiger partial charge in [-0.05, 0) is 56.6 Å². The minimum atomic E-state index is 0.933. The van der Waals surface area contributed by atoms with Crippen LogP contribution in [0, 0.1) is 13.8 Å². The van der Waals surface area contributed by atoms with Crippen molar-refractivity contribution in [1.29, 1.82) is 0 Å². The number of H-pyrrole nitrogens is 1. The average Bonchev–Trinajstić information content (AvgIpc) is 2.66. The summed E-state index contributed by atoms with van der Waals surface area (Å²) in [7, 11) is 1.72. The van der Waals surface area contributed by atoms with Gasteiger partial charge < -0.3 is 15.0 Å². The van der Waals surface area contributed by atoms with E-state index in [1.807, 2.05) is 0 Å². The second-order valence-corrected chi connectivity index (χ2v) is 4.72. The predicted octanol–water partition coefficient (Wildman–Crippen LogP) is 2.95. The second-order valence-electron chi connectivity index (χ2n) is 4.72. The lowest BCUT2D eigenvalue weighted by molar-refractivity contribution is 0.418. The first kappa shape index (κ1) is 13.0. The first-order chi connectivity index (χ1) is 8.67. The van der Waals surface area contributed by atoms with E-state index in [-0.39, 0.29) is 0 Å². The molecule has 1 heterocycles. The highest BCUT2D eigenvalue weighted by Crippen LogP contribution is 2.31. The number of hydrogen-bond donors (Lipinski definition) is 2. The summed E-state index contributed by atoms with van der Waals surface area (Å²) in [5.41, 5.74) is 5.00. The molecule has 98 valence electrons. The van der Waals surface area contributed by atoms with Crippen molar-refractivity contribution >= 4 is 10.9 Å². The molecule has 18 heavy (non-hydrogen) atoms. The van der Waals surface area contributed by atoms with Crippen LogP contribution in [-0.4, -0.2) is 25.2 Å². The van der Waals surface area contributed by atoms with Crippen molar-refractivity contribution in [2.45, 2.75) is 27.2 Å². The molecule has 0 bridgehead atoms. The van der Waals surface area contributed by atoms with E-state index in [0.29, 0.717) is 0 Å². The van der Waals surface area contributed by atoms with Crippen molar-refractivity contribution in [3.05, 3.63) is 29.0 Å². The molecular weight excluding hydrogens is 224 g/mol. The molecule has 3 nitrogen and oxygen atoms in total. The molecular formula is C15H22N2O. The summed E-state index contributed by atoms with van der Waals surface area (Å²) in [5.74, 6) is 0.933. The largest absolute Gasteiger partial charge is 0.495 e. The molecule has 0 radical (unpaired) electrons. The third-order valence-corrected chi connectivity index (χ3v) is 3.36. The van der Waals surface area contributed by atoms with Crippen LogP contribution in [0.2, 0.25) is 0 Å². The summed E-state index contributed by atoms with van der Waals surface area (Å²) in [5, 5.41) is 4.67. The second kappa shape index (κ2) is 5.44. The van der Waals surface area contributed by atoms with Gasteiger partial charge in [0.1, 0.15) is 5.75 Å². The molecule has 2 aromatic rings. The molecule has 2 N–H and O–H groups in total. The zero-order chi connectivity index (χ0) is 13.1. The van der Waals surface area contributed by atoms with E-state index >= 15 is 0 Å². The third kappa shape index (κ3) is 2.36. The molecule has 0 unspecified atom stereocenters. The van der Waals surface area contributed by atoms with Crippen molar-refractivity contribution in [2.75, 3.05) is 20.2 Å². The summed E-state index contributed by atoms with van der Waals surface area (Å²) in [6, 6.07) is 4.31. The van der Waals surface area contributed by atoms with Crippen LogP contribution in [-0.2, 0) is 6.42 Å². The van der Waals surface area contributed by atoms with Crippen LogP contribution >= 0.6 is 0 Å². The number of aromatic amines is 1. The Hall–Kier alpha value is -1.48. The summed E-state index contributed by atoms with van der Waals surface area (Å²) < 4.78 is 5.46.